The van der Waals surface area contributed by atoms with Gasteiger partial charge >= 0.3 is 12.1 Å². The molecule has 1 aromatic rings. The third-order valence-electron chi connectivity index (χ3n) is 7.01. The van der Waals surface area contributed by atoms with Crippen molar-refractivity contribution in [2.75, 3.05) is 25.0 Å². The van der Waals surface area contributed by atoms with Crippen molar-refractivity contribution in [3.05, 3.63) is 23.4 Å². The van der Waals surface area contributed by atoms with Crippen molar-refractivity contribution < 1.29 is 24.2 Å². The van der Waals surface area contributed by atoms with E-state index in [-0.39, 0.29) is 17.9 Å². The third kappa shape index (κ3) is 9.52. The molecule has 2 aliphatic heterocycles. The number of nitrogens with zero attached hydrogens (tertiary/aromatic N) is 2. The molecule has 3 rings (SSSR count). The zero-order valence-electron chi connectivity index (χ0n) is 22.7. The molecule has 1 fully saturated rings. The number of fused-ring (bicyclic) bond motifs is 1. The standard InChI is InChI=1S/C28H44N4O5/c1-28(2,3)37-27(36)32-18-15-21(16-19-32)25(33)31-23(26(34)35)12-8-6-4-5-7-11-22-14-13-20-10-9-17-29-24(20)30-22/h13-14,21,23H,4-12,15-19H2,1-3H3,(H,29,30)(H,31,33)(H,34,35)/t23-/m0/s1. The fraction of sp³-hybridized carbons (Fsp3) is 0.714. The van der Waals surface area contributed by atoms with Gasteiger partial charge in [0.2, 0.25) is 5.91 Å². The van der Waals surface area contributed by atoms with Crippen molar-refractivity contribution in [1.82, 2.24) is 15.2 Å². The summed E-state index contributed by atoms with van der Waals surface area (Å²) in [7, 11) is 0. The Morgan fingerprint density at radius 3 is 2.54 bits per heavy atom. The van der Waals surface area contributed by atoms with Crippen LogP contribution in [-0.2, 0) is 27.2 Å². The van der Waals surface area contributed by atoms with Gasteiger partial charge in [-0.2, -0.15) is 0 Å². The van der Waals surface area contributed by atoms with Crippen molar-refractivity contribution in [1.29, 1.82) is 0 Å². The summed E-state index contributed by atoms with van der Waals surface area (Å²) in [6, 6.07) is 3.45. The van der Waals surface area contributed by atoms with E-state index in [1.165, 1.54) is 5.56 Å². The van der Waals surface area contributed by atoms with Gasteiger partial charge in [-0.1, -0.05) is 31.7 Å². The highest BCUT2D eigenvalue weighted by Crippen LogP contribution is 2.22. The molecule has 3 heterocycles. The summed E-state index contributed by atoms with van der Waals surface area (Å²) in [4.78, 5) is 43.0. The van der Waals surface area contributed by atoms with Gasteiger partial charge in [0, 0.05) is 31.2 Å². The Morgan fingerprint density at radius 2 is 1.84 bits per heavy atom. The number of nitrogens with one attached hydrogen (secondary N) is 2. The van der Waals surface area contributed by atoms with Gasteiger partial charge in [-0.05, 0) is 77.3 Å². The van der Waals surface area contributed by atoms with Gasteiger partial charge in [0.1, 0.15) is 17.5 Å². The zero-order chi connectivity index (χ0) is 26.8. The van der Waals surface area contributed by atoms with Crippen LogP contribution < -0.4 is 10.6 Å². The number of carboxylic acid groups (broad SMARTS) is 1. The molecule has 206 valence electrons. The van der Waals surface area contributed by atoms with Gasteiger partial charge in [-0.15, -0.1) is 0 Å². The van der Waals surface area contributed by atoms with Gasteiger partial charge in [-0.25, -0.2) is 14.6 Å². The van der Waals surface area contributed by atoms with Gasteiger partial charge in [-0.3, -0.25) is 4.79 Å². The lowest BCUT2D eigenvalue weighted by atomic mass is 9.95. The van der Waals surface area contributed by atoms with E-state index in [2.05, 4.69) is 22.8 Å². The van der Waals surface area contributed by atoms with E-state index in [0.29, 0.717) is 32.4 Å². The number of hydrogen-bond acceptors (Lipinski definition) is 6. The highest BCUT2D eigenvalue weighted by molar-refractivity contribution is 5.85. The van der Waals surface area contributed by atoms with E-state index in [9.17, 15) is 19.5 Å². The van der Waals surface area contributed by atoms with Crippen LogP contribution in [0.1, 0.15) is 89.8 Å². The van der Waals surface area contributed by atoms with Gasteiger partial charge in [0.05, 0.1) is 0 Å². The number of likely N-dealkylation sites (tertiary alicyclic amines) is 1. The SMILES string of the molecule is CC(C)(C)OC(=O)N1CCC(C(=O)N[C@@H](CCCCCCCc2ccc3c(n2)NCCC3)C(=O)O)CC1. The predicted octanol–water partition coefficient (Wildman–Crippen LogP) is 4.54. The minimum absolute atomic E-state index is 0.233. The van der Waals surface area contributed by atoms with Crippen molar-refractivity contribution in [2.24, 2.45) is 5.92 Å². The first-order valence-electron chi connectivity index (χ1n) is 13.9. The average molecular weight is 517 g/mol. The number of anilines is 1. The molecule has 2 aliphatic rings. The number of aryl methyl sites for hydroxylation is 2. The van der Waals surface area contributed by atoms with Crippen LogP contribution in [0, 0.1) is 5.92 Å². The lowest BCUT2D eigenvalue weighted by Gasteiger charge is -2.33. The summed E-state index contributed by atoms with van der Waals surface area (Å²) in [5, 5.41) is 15.7. The topological polar surface area (TPSA) is 121 Å². The number of carboxylic acids is 1. The maximum atomic E-state index is 12.7. The number of ether oxygens (including phenoxy) is 1. The fourth-order valence-electron chi connectivity index (χ4n) is 4.89. The minimum Gasteiger partial charge on any atom is -0.480 e. The summed E-state index contributed by atoms with van der Waals surface area (Å²) >= 11 is 0. The molecule has 1 atom stereocenters. The maximum Gasteiger partial charge on any atom is 0.410 e. The quantitative estimate of drug-likeness (QED) is 0.369. The number of carbonyl (C=O) groups is 3. The normalized spacial score (nSPS) is 16.9. The summed E-state index contributed by atoms with van der Waals surface area (Å²) in [5.74, 6) is -0.470. The molecule has 1 aromatic heterocycles. The minimum atomic E-state index is -0.994. The monoisotopic (exact) mass is 516 g/mol. The predicted molar refractivity (Wildman–Crippen MR) is 143 cm³/mol. The number of amides is 2. The average Bonchev–Trinajstić information content (AvgIpc) is 2.86. The number of hydrogen-bond donors (Lipinski definition) is 3. The van der Waals surface area contributed by atoms with Gasteiger partial charge in [0.25, 0.3) is 0 Å². The molecular weight excluding hydrogens is 472 g/mol. The molecule has 37 heavy (non-hydrogen) atoms. The largest absolute Gasteiger partial charge is 0.480 e. The van der Waals surface area contributed by atoms with Crippen LogP contribution in [-0.4, -0.2) is 64.2 Å². The third-order valence-corrected chi connectivity index (χ3v) is 7.01. The number of aliphatic carboxylic acids is 1. The maximum absolute atomic E-state index is 12.7. The molecule has 0 bridgehead atoms. The first kappa shape index (κ1) is 28.7. The van der Waals surface area contributed by atoms with Crippen LogP contribution in [0.15, 0.2) is 12.1 Å². The highest BCUT2D eigenvalue weighted by Gasteiger charge is 2.31. The lowest BCUT2D eigenvalue weighted by Crippen LogP contribution is -2.48. The van der Waals surface area contributed by atoms with Crippen LogP contribution in [0.5, 0.6) is 0 Å². The Bertz CT molecular complexity index is 922. The molecule has 3 N–H and O–H groups in total. The second kappa shape index (κ2) is 13.6. The van der Waals surface area contributed by atoms with Crippen molar-refractivity contribution in [3.8, 4) is 0 Å². The van der Waals surface area contributed by atoms with Crippen molar-refractivity contribution in [2.45, 2.75) is 103 Å². The van der Waals surface area contributed by atoms with E-state index >= 15 is 0 Å². The molecule has 2 amide bonds. The Labute approximate surface area is 220 Å². The molecule has 1 saturated heterocycles. The first-order valence-corrected chi connectivity index (χ1v) is 13.9. The number of unbranched alkanes of at least 4 members (excludes halogenated alkanes) is 4. The van der Waals surface area contributed by atoms with Crippen LogP contribution in [0.4, 0.5) is 10.6 Å². The lowest BCUT2D eigenvalue weighted by molar-refractivity contribution is -0.143. The molecule has 0 aliphatic carbocycles. The van der Waals surface area contributed by atoms with E-state index in [1.807, 2.05) is 20.8 Å². The number of rotatable bonds is 11. The Balaban J connectivity index is 1.30. The number of carbonyl (C=O) groups excluding carboxylic acids is 2. The Morgan fingerprint density at radius 1 is 1.14 bits per heavy atom. The van der Waals surface area contributed by atoms with E-state index < -0.39 is 17.6 Å². The number of piperidine rings is 1. The summed E-state index contributed by atoms with van der Waals surface area (Å²) < 4.78 is 5.39. The smallest absolute Gasteiger partial charge is 0.410 e. The highest BCUT2D eigenvalue weighted by atomic mass is 16.6. The van der Waals surface area contributed by atoms with E-state index in [1.54, 1.807) is 4.90 Å². The first-order chi connectivity index (χ1) is 17.6. The fourth-order valence-corrected chi connectivity index (χ4v) is 4.89. The van der Waals surface area contributed by atoms with Crippen LogP contribution in [0.25, 0.3) is 0 Å². The van der Waals surface area contributed by atoms with E-state index in [4.69, 9.17) is 9.72 Å². The Kier molecular flexibility index (Phi) is 10.6. The van der Waals surface area contributed by atoms with Crippen molar-refractivity contribution in [3.63, 3.8) is 0 Å². The Hall–Kier alpha value is -2.84. The number of aromatic nitrogens is 1. The molecule has 0 unspecified atom stereocenters. The molecule has 9 heteroatoms. The second-order valence-corrected chi connectivity index (χ2v) is 11.3. The molecular formula is C28H44N4O5. The van der Waals surface area contributed by atoms with Crippen molar-refractivity contribution >= 4 is 23.8 Å². The number of pyridine rings is 1. The molecule has 0 saturated carbocycles. The molecule has 0 aromatic carbocycles. The molecule has 0 spiro atoms. The molecule has 0 radical (unpaired) electrons. The second-order valence-electron chi connectivity index (χ2n) is 11.3. The summed E-state index contributed by atoms with van der Waals surface area (Å²) in [6.45, 7) is 7.33. The molecule has 9 nitrogen and oxygen atoms in total. The van der Waals surface area contributed by atoms with Gasteiger partial charge < -0.3 is 25.4 Å². The summed E-state index contributed by atoms with van der Waals surface area (Å²) in [6.07, 6.45) is 9.15. The van der Waals surface area contributed by atoms with E-state index in [0.717, 1.165) is 69.4 Å². The zero-order valence-corrected chi connectivity index (χ0v) is 22.7. The van der Waals surface area contributed by atoms with Crippen LogP contribution >= 0.6 is 0 Å². The van der Waals surface area contributed by atoms with Crippen LogP contribution in [0.3, 0.4) is 0 Å². The summed E-state index contributed by atoms with van der Waals surface area (Å²) in [5.41, 5.74) is 1.87. The van der Waals surface area contributed by atoms with Gasteiger partial charge in [0.15, 0.2) is 0 Å². The van der Waals surface area contributed by atoms with Crippen LogP contribution in [0.2, 0.25) is 0 Å².